The smallest absolute Gasteiger partial charge is 0.0205 e. The van der Waals surface area contributed by atoms with Crippen LogP contribution in [0, 0.1) is 5.92 Å². The summed E-state index contributed by atoms with van der Waals surface area (Å²) < 4.78 is 0. The third-order valence-corrected chi connectivity index (χ3v) is 6.31. The highest BCUT2D eigenvalue weighted by molar-refractivity contribution is 5.14. The Morgan fingerprint density at radius 1 is 0.533 bits per heavy atom. The normalized spacial score (nSPS) is 11.4. The van der Waals surface area contributed by atoms with Gasteiger partial charge in [-0.25, -0.2) is 0 Å². The van der Waals surface area contributed by atoms with Crippen LogP contribution in [0.2, 0.25) is 0 Å². The molecule has 0 aliphatic rings. The third kappa shape index (κ3) is 19.2. The first-order chi connectivity index (χ1) is 14.8. The van der Waals surface area contributed by atoms with Crippen molar-refractivity contribution in [2.24, 2.45) is 5.92 Å². The molecule has 1 aromatic rings. The zero-order valence-electron chi connectivity index (χ0n) is 20.6. The van der Waals surface area contributed by atoms with Gasteiger partial charge in [-0.2, -0.15) is 0 Å². The van der Waals surface area contributed by atoms with Gasteiger partial charge in [0, 0.05) is 6.54 Å². The van der Waals surface area contributed by atoms with Crippen LogP contribution in [0.5, 0.6) is 0 Å². The highest BCUT2D eigenvalue weighted by atomic mass is 14.8. The van der Waals surface area contributed by atoms with E-state index in [1.54, 1.807) is 0 Å². The molecule has 0 radical (unpaired) electrons. The minimum absolute atomic E-state index is 0.892. The van der Waals surface area contributed by atoms with Crippen molar-refractivity contribution < 1.29 is 0 Å². The Hall–Kier alpha value is -0.820. The standard InChI is InChI=1S/C29H53N/c1-28(2)23-19-16-14-12-10-8-6-4-3-5-7-9-11-13-15-17-22-26-30-27-29-24-20-18-21-25-29/h18,20-21,24-25,28,30H,3-17,19,22-23,26-27H2,1-2H3. The van der Waals surface area contributed by atoms with Crippen LogP contribution in [0.25, 0.3) is 0 Å². The van der Waals surface area contributed by atoms with Gasteiger partial charge in [0.15, 0.2) is 0 Å². The molecule has 0 amide bonds. The van der Waals surface area contributed by atoms with E-state index in [2.05, 4.69) is 49.5 Å². The molecule has 174 valence electrons. The maximum Gasteiger partial charge on any atom is 0.0205 e. The van der Waals surface area contributed by atoms with Crippen LogP contribution in [-0.2, 0) is 6.54 Å². The van der Waals surface area contributed by atoms with Crippen LogP contribution in [-0.4, -0.2) is 6.54 Å². The van der Waals surface area contributed by atoms with Gasteiger partial charge in [-0.1, -0.05) is 153 Å². The predicted molar refractivity (Wildman–Crippen MR) is 136 cm³/mol. The maximum atomic E-state index is 3.56. The van der Waals surface area contributed by atoms with E-state index < -0.39 is 0 Å². The van der Waals surface area contributed by atoms with Gasteiger partial charge >= 0.3 is 0 Å². The van der Waals surface area contributed by atoms with Crippen molar-refractivity contribution in [3.63, 3.8) is 0 Å². The molecule has 0 saturated carbocycles. The molecule has 0 bridgehead atoms. The summed E-state index contributed by atoms with van der Waals surface area (Å²) in [7, 11) is 0. The van der Waals surface area contributed by atoms with Gasteiger partial charge in [0.1, 0.15) is 0 Å². The molecule has 0 aromatic heterocycles. The molecule has 30 heavy (non-hydrogen) atoms. The van der Waals surface area contributed by atoms with E-state index in [-0.39, 0.29) is 0 Å². The number of benzene rings is 1. The molecule has 0 aliphatic carbocycles. The van der Waals surface area contributed by atoms with Crippen molar-refractivity contribution in [3.8, 4) is 0 Å². The van der Waals surface area contributed by atoms with E-state index in [0.717, 1.165) is 19.0 Å². The van der Waals surface area contributed by atoms with Gasteiger partial charge in [-0.05, 0) is 24.4 Å². The SMILES string of the molecule is CC(C)CCCCCCCCCCCCCCCCCCCNCc1ccccc1. The largest absolute Gasteiger partial charge is 0.313 e. The second kappa shape index (κ2) is 21.4. The van der Waals surface area contributed by atoms with E-state index >= 15 is 0 Å². The predicted octanol–water partition coefficient (Wildman–Crippen LogP) is 9.45. The Balaban J connectivity index is 1.66. The molecule has 1 heteroatoms. The van der Waals surface area contributed by atoms with Crippen molar-refractivity contribution in [2.45, 2.75) is 136 Å². The van der Waals surface area contributed by atoms with E-state index in [1.165, 1.54) is 121 Å². The second-order valence-electron chi connectivity index (χ2n) is 9.86. The topological polar surface area (TPSA) is 12.0 Å². The first kappa shape index (κ1) is 27.2. The summed E-state index contributed by atoms with van der Waals surface area (Å²) in [6, 6.07) is 10.7. The van der Waals surface area contributed by atoms with Gasteiger partial charge in [0.05, 0.1) is 0 Å². The zero-order chi connectivity index (χ0) is 21.5. The Bertz CT molecular complexity index is 439. The lowest BCUT2D eigenvalue weighted by atomic mass is 10.0. The molecule has 0 saturated heterocycles. The highest BCUT2D eigenvalue weighted by Gasteiger charge is 1.97. The summed E-state index contributed by atoms with van der Waals surface area (Å²) in [6.07, 6.45) is 26.1. The second-order valence-corrected chi connectivity index (χ2v) is 9.86. The molecular weight excluding hydrogens is 362 g/mol. The molecule has 1 aromatic carbocycles. The van der Waals surface area contributed by atoms with Crippen LogP contribution >= 0.6 is 0 Å². The summed E-state index contributed by atoms with van der Waals surface area (Å²) in [5, 5.41) is 3.56. The molecule has 0 aliphatic heterocycles. The monoisotopic (exact) mass is 415 g/mol. The number of hydrogen-bond acceptors (Lipinski definition) is 1. The zero-order valence-corrected chi connectivity index (χ0v) is 20.6. The average molecular weight is 416 g/mol. The summed E-state index contributed by atoms with van der Waals surface area (Å²) in [6.45, 7) is 6.86. The van der Waals surface area contributed by atoms with Gasteiger partial charge in [0.25, 0.3) is 0 Å². The average Bonchev–Trinajstić information content (AvgIpc) is 2.75. The Labute approximate surface area is 189 Å². The van der Waals surface area contributed by atoms with Crippen LogP contribution in [0.4, 0.5) is 0 Å². The van der Waals surface area contributed by atoms with Gasteiger partial charge < -0.3 is 5.32 Å². The minimum Gasteiger partial charge on any atom is -0.313 e. The third-order valence-electron chi connectivity index (χ3n) is 6.31. The van der Waals surface area contributed by atoms with Crippen molar-refractivity contribution in [1.29, 1.82) is 0 Å². The Morgan fingerprint density at radius 3 is 1.37 bits per heavy atom. The van der Waals surface area contributed by atoms with Crippen molar-refractivity contribution >= 4 is 0 Å². The number of hydrogen-bond donors (Lipinski definition) is 1. The molecule has 0 unspecified atom stereocenters. The fourth-order valence-electron chi connectivity index (χ4n) is 4.28. The fraction of sp³-hybridized carbons (Fsp3) is 0.793. The maximum absolute atomic E-state index is 3.56. The Kier molecular flexibility index (Phi) is 19.4. The Morgan fingerprint density at radius 2 is 0.933 bits per heavy atom. The van der Waals surface area contributed by atoms with Crippen LogP contribution in [0.15, 0.2) is 30.3 Å². The van der Waals surface area contributed by atoms with Gasteiger partial charge in [0.2, 0.25) is 0 Å². The number of unbranched alkanes of at least 4 members (excludes halogenated alkanes) is 16. The van der Waals surface area contributed by atoms with E-state index in [1.807, 2.05) is 0 Å². The summed E-state index contributed by atoms with van der Waals surface area (Å²) >= 11 is 0. The lowest BCUT2D eigenvalue weighted by molar-refractivity contribution is 0.501. The number of nitrogens with one attached hydrogen (secondary N) is 1. The molecular formula is C29H53N. The first-order valence-electron chi connectivity index (χ1n) is 13.5. The van der Waals surface area contributed by atoms with E-state index in [4.69, 9.17) is 0 Å². The van der Waals surface area contributed by atoms with Crippen LogP contribution in [0.1, 0.15) is 135 Å². The highest BCUT2D eigenvalue weighted by Crippen LogP contribution is 2.15. The molecule has 1 rings (SSSR count). The molecule has 0 atom stereocenters. The van der Waals surface area contributed by atoms with Crippen molar-refractivity contribution in [3.05, 3.63) is 35.9 Å². The molecule has 1 nitrogen and oxygen atoms in total. The molecule has 0 heterocycles. The fourth-order valence-corrected chi connectivity index (χ4v) is 4.28. The summed E-state index contributed by atoms with van der Waals surface area (Å²) in [5.41, 5.74) is 1.39. The molecule has 0 spiro atoms. The van der Waals surface area contributed by atoms with Crippen molar-refractivity contribution in [1.82, 2.24) is 5.32 Å². The number of rotatable bonds is 22. The quantitative estimate of drug-likeness (QED) is 0.186. The minimum atomic E-state index is 0.892. The lowest BCUT2D eigenvalue weighted by Gasteiger charge is -2.06. The van der Waals surface area contributed by atoms with Gasteiger partial charge in [-0.15, -0.1) is 0 Å². The summed E-state index contributed by atoms with van der Waals surface area (Å²) in [4.78, 5) is 0. The van der Waals surface area contributed by atoms with E-state index in [9.17, 15) is 0 Å². The van der Waals surface area contributed by atoms with Crippen LogP contribution in [0.3, 0.4) is 0 Å². The molecule has 1 N–H and O–H groups in total. The van der Waals surface area contributed by atoms with Gasteiger partial charge in [-0.3, -0.25) is 0 Å². The molecule has 0 fully saturated rings. The van der Waals surface area contributed by atoms with E-state index in [0.29, 0.717) is 0 Å². The lowest BCUT2D eigenvalue weighted by Crippen LogP contribution is -2.14. The summed E-state index contributed by atoms with van der Waals surface area (Å²) in [5.74, 6) is 0.892. The van der Waals surface area contributed by atoms with Crippen LogP contribution < -0.4 is 5.32 Å². The first-order valence-corrected chi connectivity index (χ1v) is 13.5. The van der Waals surface area contributed by atoms with Crippen molar-refractivity contribution in [2.75, 3.05) is 6.54 Å².